The van der Waals surface area contributed by atoms with Crippen molar-refractivity contribution in [1.29, 1.82) is 0 Å². The molecule has 0 spiro atoms. The molecule has 0 bridgehead atoms. The molecule has 1 saturated carbocycles. The van der Waals surface area contributed by atoms with Gasteiger partial charge in [0, 0.05) is 6.04 Å². The maximum atomic E-state index is 5.80. The molecule has 1 N–H and O–H groups in total. The zero-order valence-corrected chi connectivity index (χ0v) is 11.5. The van der Waals surface area contributed by atoms with E-state index in [1.807, 2.05) is 6.07 Å². The van der Waals surface area contributed by atoms with Crippen LogP contribution in [0, 0.1) is 0 Å². The van der Waals surface area contributed by atoms with E-state index >= 15 is 0 Å². The maximum absolute atomic E-state index is 5.80. The van der Waals surface area contributed by atoms with E-state index in [2.05, 4.69) is 30.4 Å². The third-order valence-corrected chi connectivity index (χ3v) is 3.56. The highest BCUT2D eigenvalue weighted by Crippen LogP contribution is 2.27. The van der Waals surface area contributed by atoms with E-state index in [9.17, 15) is 0 Å². The van der Waals surface area contributed by atoms with Crippen molar-refractivity contribution in [3.05, 3.63) is 24.3 Å². The first-order chi connectivity index (χ1) is 8.90. The molecule has 1 aliphatic rings. The van der Waals surface area contributed by atoms with Gasteiger partial charge in [0.05, 0.1) is 12.3 Å². The number of nitrogens with one attached hydrogen (secondary N) is 1. The summed E-state index contributed by atoms with van der Waals surface area (Å²) >= 11 is 0. The maximum Gasteiger partial charge on any atom is 0.142 e. The Balaban J connectivity index is 1.98. The van der Waals surface area contributed by atoms with Crippen LogP contribution in [0.25, 0.3) is 0 Å². The van der Waals surface area contributed by atoms with E-state index in [-0.39, 0.29) is 0 Å². The molecule has 2 nitrogen and oxygen atoms in total. The van der Waals surface area contributed by atoms with Crippen LogP contribution in [-0.2, 0) is 0 Å². The predicted molar refractivity (Wildman–Crippen MR) is 77.3 cm³/mol. The molecule has 1 aromatic carbocycles. The zero-order valence-electron chi connectivity index (χ0n) is 11.5. The molecule has 0 heterocycles. The van der Waals surface area contributed by atoms with E-state index in [1.54, 1.807) is 0 Å². The van der Waals surface area contributed by atoms with Crippen molar-refractivity contribution in [1.82, 2.24) is 0 Å². The molecule has 1 fully saturated rings. The van der Waals surface area contributed by atoms with Crippen molar-refractivity contribution in [2.75, 3.05) is 11.9 Å². The largest absolute Gasteiger partial charge is 0.491 e. The van der Waals surface area contributed by atoms with Crippen LogP contribution >= 0.6 is 0 Å². The molecule has 2 rings (SSSR count). The SMILES string of the molecule is CCCOc1ccccc1NC1CCCCCC1. The lowest BCUT2D eigenvalue weighted by Gasteiger charge is -2.20. The highest BCUT2D eigenvalue weighted by Gasteiger charge is 2.13. The van der Waals surface area contributed by atoms with Crippen LogP contribution in [0.2, 0.25) is 0 Å². The molecular weight excluding hydrogens is 222 g/mol. The quantitative estimate of drug-likeness (QED) is 0.767. The van der Waals surface area contributed by atoms with Crippen LogP contribution in [0.15, 0.2) is 24.3 Å². The van der Waals surface area contributed by atoms with Crippen molar-refractivity contribution in [2.45, 2.75) is 57.9 Å². The predicted octanol–water partition coefficient (Wildman–Crippen LogP) is 4.61. The average molecular weight is 247 g/mol. The minimum absolute atomic E-state index is 0.624. The Morgan fingerprint density at radius 3 is 2.56 bits per heavy atom. The first-order valence-electron chi connectivity index (χ1n) is 7.38. The molecule has 18 heavy (non-hydrogen) atoms. The fraction of sp³-hybridized carbons (Fsp3) is 0.625. The summed E-state index contributed by atoms with van der Waals surface area (Å²) in [5, 5.41) is 3.67. The monoisotopic (exact) mass is 247 g/mol. The summed E-state index contributed by atoms with van der Waals surface area (Å²) in [5.74, 6) is 1.00. The third-order valence-electron chi connectivity index (χ3n) is 3.56. The minimum Gasteiger partial charge on any atom is -0.491 e. The highest BCUT2D eigenvalue weighted by molar-refractivity contribution is 5.56. The Morgan fingerprint density at radius 1 is 1.11 bits per heavy atom. The van der Waals surface area contributed by atoms with E-state index < -0.39 is 0 Å². The van der Waals surface area contributed by atoms with E-state index in [0.717, 1.165) is 24.5 Å². The Bertz CT molecular complexity index is 343. The number of rotatable bonds is 5. The van der Waals surface area contributed by atoms with Gasteiger partial charge < -0.3 is 10.1 Å². The average Bonchev–Trinajstić information content (AvgIpc) is 2.66. The molecule has 100 valence electrons. The summed E-state index contributed by atoms with van der Waals surface area (Å²) in [6, 6.07) is 8.95. The van der Waals surface area contributed by atoms with Gasteiger partial charge in [-0.05, 0) is 31.4 Å². The molecule has 0 aliphatic heterocycles. The van der Waals surface area contributed by atoms with Crippen molar-refractivity contribution < 1.29 is 4.74 Å². The summed E-state index contributed by atoms with van der Waals surface area (Å²) in [4.78, 5) is 0. The molecule has 0 radical (unpaired) electrons. The van der Waals surface area contributed by atoms with E-state index in [0.29, 0.717) is 6.04 Å². The second kappa shape index (κ2) is 7.30. The van der Waals surface area contributed by atoms with Gasteiger partial charge in [0.2, 0.25) is 0 Å². The molecule has 0 atom stereocenters. The number of para-hydroxylation sites is 2. The van der Waals surface area contributed by atoms with Crippen LogP contribution in [0.4, 0.5) is 5.69 Å². The van der Waals surface area contributed by atoms with E-state index in [4.69, 9.17) is 4.74 Å². The van der Waals surface area contributed by atoms with Crippen molar-refractivity contribution in [3.63, 3.8) is 0 Å². The lowest BCUT2D eigenvalue weighted by Crippen LogP contribution is -2.18. The van der Waals surface area contributed by atoms with Gasteiger partial charge in [0.1, 0.15) is 5.75 Å². The Kier molecular flexibility index (Phi) is 5.37. The van der Waals surface area contributed by atoms with Crippen molar-refractivity contribution >= 4 is 5.69 Å². The lowest BCUT2D eigenvalue weighted by molar-refractivity contribution is 0.318. The van der Waals surface area contributed by atoms with Crippen LogP contribution < -0.4 is 10.1 Å². The smallest absolute Gasteiger partial charge is 0.142 e. The van der Waals surface area contributed by atoms with Crippen LogP contribution in [0.5, 0.6) is 5.75 Å². The summed E-state index contributed by atoms with van der Waals surface area (Å²) in [6.45, 7) is 2.94. The van der Waals surface area contributed by atoms with E-state index in [1.165, 1.54) is 38.5 Å². The van der Waals surface area contributed by atoms with Crippen molar-refractivity contribution in [2.24, 2.45) is 0 Å². The standard InChI is InChI=1S/C16H25NO/c1-2-13-18-16-12-8-7-11-15(16)17-14-9-5-3-4-6-10-14/h7-8,11-12,14,17H,2-6,9-10,13H2,1H3. The fourth-order valence-corrected chi connectivity index (χ4v) is 2.57. The molecule has 1 aliphatic carbocycles. The van der Waals surface area contributed by atoms with Gasteiger partial charge in [0.25, 0.3) is 0 Å². The highest BCUT2D eigenvalue weighted by atomic mass is 16.5. The minimum atomic E-state index is 0.624. The molecular formula is C16H25NO. The summed E-state index contributed by atoms with van der Waals surface area (Å²) in [5.41, 5.74) is 1.16. The molecule has 0 amide bonds. The van der Waals surface area contributed by atoms with Gasteiger partial charge in [-0.1, -0.05) is 44.7 Å². The molecule has 0 saturated heterocycles. The Hall–Kier alpha value is -1.18. The van der Waals surface area contributed by atoms with Crippen molar-refractivity contribution in [3.8, 4) is 5.75 Å². The number of hydrogen-bond donors (Lipinski definition) is 1. The van der Waals surface area contributed by atoms with Gasteiger partial charge in [-0.15, -0.1) is 0 Å². The topological polar surface area (TPSA) is 21.3 Å². The van der Waals surface area contributed by atoms with Gasteiger partial charge in [-0.2, -0.15) is 0 Å². The first-order valence-corrected chi connectivity index (χ1v) is 7.38. The van der Waals surface area contributed by atoms with Crippen LogP contribution in [-0.4, -0.2) is 12.6 Å². The summed E-state index contributed by atoms with van der Waals surface area (Å²) in [6.07, 6.45) is 9.14. The van der Waals surface area contributed by atoms with Gasteiger partial charge in [0.15, 0.2) is 0 Å². The zero-order chi connectivity index (χ0) is 12.6. The first kappa shape index (κ1) is 13.3. The molecule has 2 heteroatoms. The molecule has 1 aromatic rings. The summed E-state index contributed by atoms with van der Waals surface area (Å²) < 4.78 is 5.80. The van der Waals surface area contributed by atoms with Gasteiger partial charge >= 0.3 is 0 Å². The number of anilines is 1. The van der Waals surface area contributed by atoms with Crippen LogP contribution in [0.1, 0.15) is 51.9 Å². The summed E-state index contributed by atoms with van der Waals surface area (Å²) in [7, 11) is 0. The van der Waals surface area contributed by atoms with Crippen LogP contribution in [0.3, 0.4) is 0 Å². The second-order valence-electron chi connectivity index (χ2n) is 5.18. The number of benzene rings is 1. The fourth-order valence-electron chi connectivity index (χ4n) is 2.57. The number of ether oxygens (including phenoxy) is 1. The van der Waals surface area contributed by atoms with Gasteiger partial charge in [-0.3, -0.25) is 0 Å². The third kappa shape index (κ3) is 3.94. The molecule has 0 aromatic heterocycles. The lowest BCUT2D eigenvalue weighted by atomic mass is 10.1. The van der Waals surface area contributed by atoms with Gasteiger partial charge in [-0.25, -0.2) is 0 Å². The normalized spacial score (nSPS) is 17.2. The Morgan fingerprint density at radius 2 is 1.83 bits per heavy atom. The Labute approximate surface area is 111 Å². The molecule has 0 unspecified atom stereocenters. The number of hydrogen-bond acceptors (Lipinski definition) is 2. The second-order valence-corrected chi connectivity index (χ2v) is 5.18.